The Hall–Kier alpha value is -1.06. The number of carbonyl (C=O) groups is 2. The molecule has 1 fully saturated rings. The molecule has 1 saturated carbocycles. The zero-order valence-electron chi connectivity index (χ0n) is 11.9. The lowest BCUT2D eigenvalue weighted by molar-refractivity contribution is -0.122. The van der Waals surface area contributed by atoms with E-state index in [2.05, 4.69) is 20.8 Å². The van der Waals surface area contributed by atoms with Crippen LogP contribution in [0.2, 0.25) is 0 Å². The number of hydrogen-bond donors (Lipinski definition) is 1. The molecule has 1 aliphatic rings. The SMILES string of the molecule is CC(=O)C1CCC(C(OC(N)=O)C(C)(C)C)CC1. The minimum absolute atomic E-state index is 0.122. The summed E-state index contributed by atoms with van der Waals surface area (Å²) >= 11 is 0. The van der Waals surface area contributed by atoms with Crippen LogP contribution in [0.1, 0.15) is 53.4 Å². The van der Waals surface area contributed by atoms with Crippen LogP contribution in [0.25, 0.3) is 0 Å². The van der Waals surface area contributed by atoms with Gasteiger partial charge in [0.15, 0.2) is 0 Å². The fourth-order valence-electron chi connectivity index (χ4n) is 2.93. The molecule has 1 amide bonds. The molecule has 1 unspecified atom stereocenters. The van der Waals surface area contributed by atoms with E-state index in [1.54, 1.807) is 6.92 Å². The first-order valence-corrected chi connectivity index (χ1v) is 6.68. The first-order chi connectivity index (χ1) is 8.21. The van der Waals surface area contributed by atoms with E-state index in [4.69, 9.17) is 10.5 Å². The highest BCUT2D eigenvalue weighted by Gasteiger charge is 2.37. The molecule has 1 rings (SSSR count). The lowest BCUT2D eigenvalue weighted by Gasteiger charge is -2.39. The molecule has 4 heteroatoms. The van der Waals surface area contributed by atoms with Gasteiger partial charge in [-0.2, -0.15) is 0 Å². The molecule has 104 valence electrons. The molecule has 0 bridgehead atoms. The van der Waals surface area contributed by atoms with Gasteiger partial charge >= 0.3 is 6.09 Å². The predicted molar refractivity (Wildman–Crippen MR) is 70.0 cm³/mol. The summed E-state index contributed by atoms with van der Waals surface area (Å²) in [5.41, 5.74) is 5.03. The number of ether oxygens (including phenoxy) is 1. The number of Topliss-reactive ketones (excluding diaryl/α,β-unsaturated/α-hetero) is 1. The monoisotopic (exact) mass is 255 g/mol. The Morgan fingerprint density at radius 3 is 2.00 bits per heavy atom. The van der Waals surface area contributed by atoms with Gasteiger partial charge in [-0.25, -0.2) is 4.79 Å². The van der Waals surface area contributed by atoms with Crippen molar-refractivity contribution in [2.45, 2.75) is 59.5 Å². The van der Waals surface area contributed by atoms with Crippen molar-refractivity contribution in [1.82, 2.24) is 0 Å². The van der Waals surface area contributed by atoms with Crippen LogP contribution in [0.5, 0.6) is 0 Å². The quantitative estimate of drug-likeness (QED) is 0.843. The third-order valence-electron chi connectivity index (χ3n) is 3.87. The summed E-state index contributed by atoms with van der Waals surface area (Å²) in [5.74, 6) is 0.778. The van der Waals surface area contributed by atoms with Crippen LogP contribution >= 0.6 is 0 Å². The van der Waals surface area contributed by atoms with Gasteiger partial charge < -0.3 is 10.5 Å². The number of amides is 1. The molecule has 18 heavy (non-hydrogen) atoms. The number of ketones is 1. The van der Waals surface area contributed by atoms with Crippen LogP contribution in [0, 0.1) is 17.3 Å². The van der Waals surface area contributed by atoms with Gasteiger partial charge in [0, 0.05) is 5.92 Å². The largest absolute Gasteiger partial charge is 0.446 e. The van der Waals surface area contributed by atoms with Gasteiger partial charge in [0.05, 0.1) is 0 Å². The second-order valence-corrected chi connectivity index (χ2v) is 6.45. The summed E-state index contributed by atoms with van der Waals surface area (Å²) in [6, 6.07) is 0. The lowest BCUT2D eigenvalue weighted by atomic mass is 9.71. The molecule has 0 aromatic heterocycles. The molecule has 1 atom stereocenters. The van der Waals surface area contributed by atoms with E-state index < -0.39 is 6.09 Å². The molecule has 0 heterocycles. The van der Waals surface area contributed by atoms with E-state index in [0.717, 1.165) is 25.7 Å². The van der Waals surface area contributed by atoms with E-state index >= 15 is 0 Å². The molecule has 0 aromatic carbocycles. The van der Waals surface area contributed by atoms with E-state index in [1.807, 2.05) is 0 Å². The smallest absolute Gasteiger partial charge is 0.404 e. The Labute approximate surface area is 109 Å². The van der Waals surface area contributed by atoms with Gasteiger partial charge in [-0.3, -0.25) is 4.79 Å². The summed E-state index contributed by atoms with van der Waals surface area (Å²) in [4.78, 5) is 22.4. The maximum atomic E-state index is 11.3. The molecule has 0 aromatic rings. The van der Waals surface area contributed by atoms with Crippen molar-refractivity contribution in [1.29, 1.82) is 0 Å². The molecule has 0 saturated heterocycles. The van der Waals surface area contributed by atoms with Crippen LogP contribution in [0.15, 0.2) is 0 Å². The summed E-state index contributed by atoms with van der Waals surface area (Å²) in [5, 5.41) is 0. The van der Waals surface area contributed by atoms with Gasteiger partial charge in [0.2, 0.25) is 0 Å². The number of rotatable bonds is 3. The van der Waals surface area contributed by atoms with E-state index in [0.29, 0.717) is 5.92 Å². The number of primary amides is 1. The summed E-state index contributed by atoms with van der Waals surface area (Å²) in [6.45, 7) is 7.82. The normalized spacial score (nSPS) is 26.4. The zero-order chi connectivity index (χ0) is 13.9. The number of hydrogen-bond acceptors (Lipinski definition) is 3. The van der Waals surface area contributed by atoms with Gasteiger partial charge in [0.1, 0.15) is 11.9 Å². The fraction of sp³-hybridized carbons (Fsp3) is 0.857. The summed E-state index contributed by atoms with van der Waals surface area (Å²) < 4.78 is 5.30. The maximum absolute atomic E-state index is 11.3. The van der Waals surface area contributed by atoms with Crippen LogP contribution in [0.3, 0.4) is 0 Å². The van der Waals surface area contributed by atoms with Crippen molar-refractivity contribution < 1.29 is 14.3 Å². The molecule has 0 aliphatic heterocycles. The highest BCUT2D eigenvalue weighted by atomic mass is 16.6. The second kappa shape index (κ2) is 5.72. The lowest BCUT2D eigenvalue weighted by Crippen LogP contribution is -2.41. The number of carbonyl (C=O) groups excluding carboxylic acids is 2. The third kappa shape index (κ3) is 4.00. The first kappa shape index (κ1) is 15.0. The van der Waals surface area contributed by atoms with Gasteiger partial charge in [-0.15, -0.1) is 0 Å². The summed E-state index contributed by atoms with van der Waals surface area (Å²) in [7, 11) is 0. The average Bonchev–Trinajstić information content (AvgIpc) is 2.24. The first-order valence-electron chi connectivity index (χ1n) is 6.68. The summed E-state index contributed by atoms with van der Waals surface area (Å²) in [6.07, 6.45) is 2.79. The van der Waals surface area contributed by atoms with Crippen molar-refractivity contribution in [3.8, 4) is 0 Å². The van der Waals surface area contributed by atoms with Gasteiger partial charge in [0.25, 0.3) is 0 Å². The van der Waals surface area contributed by atoms with Crippen molar-refractivity contribution in [3.05, 3.63) is 0 Å². The fourth-order valence-corrected chi connectivity index (χ4v) is 2.93. The third-order valence-corrected chi connectivity index (χ3v) is 3.87. The van der Waals surface area contributed by atoms with E-state index in [-0.39, 0.29) is 23.2 Å². The molecule has 0 spiro atoms. The Kier molecular flexibility index (Phi) is 4.77. The van der Waals surface area contributed by atoms with Gasteiger partial charge in [-0.05, 0) is 43.9 Å². The van der Waals surface area contributed by atoms with Crippen molar-refractivity contribution >= 4 is 11.9 Å². The molecule has 4 nitrogen and oxygen atoms in total. The molecule has 2 N–H and O–H groups in total. The maximum Gasteiger partial charge on any atom is 0.404 e. The van der Waals surface area contributed by atoms with Crippen molar-refractivity contribution in [2.24, 2.45) is 23.0 Å². The van der Waals surface area contributed by atoms with Crippen LogP contribution in [-0.4, -0.2) is 18.0 Å². The molecule has 1 aliphatic carbocycles. The van der Waals surface area contributed by atoms with Crippen molar-refractivity contribution in [3.63, 3.8) is 0 Å². The Morgan fingerprint density at radius 1 is 1.17 bits per heavy atom. The van der Waals surface area contributed by atoms with Crippen molar-refractivity contribution in [2.75, 3.05) is 0 Å². The average molecular weight is 255 g/mol. The Balaban J connectivity index is 2.66. The number of nitrogens with two attached hydrogens (primary N) is 1. The van der Waals surface area contributed by atoms with Gasteiger partial charge in [-0.1, -0.05) is 20.8 Å². The Bertz CT molecular complexity index is 311. The standard InChI is InChI=1S/C14H25NO3/c1-9(16)10-5-7-11(8-6-10)12(14(2,3)4)18-13(15)17/h10-12H,5-8H2,1-4H3,(H2,15,17). The van der Waals surface area contributed by atoms with Crippen LogP contribution in [-0.2, 0) is 9.53 Å². The second-order valence-electron chi connectivity index (χ2n) is 6.45. The van der Waals surface area contributed by atoms with Crippen LogP contribution in [0.4, 0.5) is 4.79 Å². The van der Waals surface area contributed by atoms with E-state index in [1.165, 1.54) is 0 Å². The van der Waals surface area contributed by atoms with E-state index in [9.17, 15) is 9.59 Å². The molecule has 0 radical (unpaired) electrons. The predicted octanol–water partition coefficient (Wildman–Crippen LogP) is 2.89. The highest BCUT2D eigenvalue weighted by Crippen LogP contribution is 2.38. The molecular formula is C14H25NO3. The highest BCUT2D eigenvalue weighted by molar-refractivity contribution is 5.78. The Morgan fingerprint density at radius 2 is 1.67 bits per heavy atom. The topological polar surface area (TPSA) is 69.4 Å². The van der Waals surface area contributed by atoms with Crippen LogP contribution < -0.4 is 5.73 Å². The minimum atomic E-state index is -0.705. The minimum Gasteiger partial charge on any atom is -0.446 e. The molecular weight excluding hydrogens is 230 g/mol. The zero-order valence-corrected chi connectivity index (χ0v) is 11.9.